The molecule has 1 aliphatic heterocycles. The molecule has 0 aliphatic carbocycles. The lowest BCUT2D eigenvalue weighted by molar-refractivity contribution is -0.125. The molecule has 1 amide bonds. The third-order valence-electron chi connectivity index (χ3n) is 4.02. The van der Waals surface area contributed by atoms with Crippen LogP contribution in [0.4, 0.5) is 0 Å². The van der Waals surface area contributed by atoms with Crippen molar-refractivity contribution in [2.75, 3.05) is 31.6 Å². The van der Waals surface area contributed by atoms with Crippen LogP contribution in [-0.2, 0) is 20.6 Å². The molecule has 0 unspecified atom stereocenters. The summed E-state index contributed by atoms with van der Waals surface area (Å²) in [4.78, 5) is 12.1. The second-order valence-electron chi connectivity index (χ2n) is 5.91. The van der Waals surface area contributed by atoms with Crippen molar-refractivity contribution >= 4 is 39.3 Å². The Balaban J connectivity index is 1.61. The number of rotatable bonds is 7. The first-order valence-corrected chi connectivity index (χ1v) is 11.3. The van der Waals surface area contributed by atoms with Crippen LogP contribution >= 0.6 is 23.4 Å². The molecule has 1 heterocycles. The number of benzene rings is 1. The summed E-state index contributed by atoms with van der Waals surface area (Å²) in [5.74, 6) is 1.69. The average molecular weight is 391 g/mol. The Morgan fingerprint density at radius 3 is 2.50 bits per heavy atom. The van der Waals surface area contributed by atoms with E-state index in [-0.39, 0.29) is 11.8 Å². The van der Waals surface area contributed by atoms with E-state index in [4.69, 9.17) is 11.6 Å². The molecule has 1 N–H and O–H groups in total. The number of nitrogens with one attached hydrogen (secondary N) is 1. The van der Waals surface area contributed by atoms with Gasteiger partial charge in [-0.3, -0.25) is 4.79 Å². The Labute approximate surface area is 153 Å². The van der Waals surface area contributed by atoms with Crippen LogP contribution in [0.25, 0.3) is 0 Å². The minimum atomic E-state index is -3.14. The molecule has 0 spiro atoms. The van der Waals surface area contributed by atoms with Gasteiger partial charge in [0, 0.05) is 42.1 Å². The Morgan fingerprint density at radius 1 is 1.29 bits per heavy atom. The lowest BCUT2D eigenvalue weighted by Crippen LogP contribution is -2.42. The predicted octanol–water partition coefficient (Wildman–Crippen LogP) is 2.36. The summed E-state index contributed by atoms with van der Waals surface area (Å²) in [6.45, 7) is 1.49. The molecule has 2 rings (SSSR count). The van der Waals surface area contributed by atoms with E-state index in [0.717, 1.165) is 16.5 Å². The molecule has 1 aliphatic rings. The van der Waals surface area contributed by atoms with Crippen LogP contribution in [0.2, 0.25) is 5.02 Å². The molecule has 0 atom stereocenters. The van der Waals surface area contributed by atoms with Crippen molar-refractivity contribution in [2.24, 2.45) is 5.92 Å². The normalized spacial score (nSPS) is 16.9. The van der Waals surface area contributed by atoms with Gasteiger partial charge in [-0.1, -0.05) is 23.7 Å². The monoisotopic (exact) mass is 390 g/mol. The summed E-state index contributed by atoms with van der Waals surface area (Å²) in [5, 5.41) is 3.69. The van der Waals surface area contributed by atoms with Crippen molar-refractivity contribution in [3.8, 4) is 0 Å². The van der Waals surface area contributed by atoms with E-state index in [1.54, 1.807) is 11.8 Å². The first-order chi connectivity index (χ1) is 11.4. The van der Waals surface area contributed by atoms with Gasteiger partial charge in [0.2, 0.25) is 15.9 Å². The highest BCUT2D eigenvalue weighted by Crippen LogP contribution is 2.19. The highest BCUT2D eigenvalue weighted by Gasteiger charge is 2.28. The number of piperidine rings is 1. The zero-order valence-corrected chi connectivity index (χ0v) is 16.1. The van der Waals surface area contributed by atoms with Crippen LogP contribution in [0.5, 0.6) is 0 Å². The van der Waals surface area contributed by atoms with E-state index < -0.39 is 10.0 Å². The molecule has 0 bridgehead atoms. The topological polar surface area (TPSA) is 66.5 Å². The minimum Gasteiger partial charge on any atom is -0.355 e. The van der Waals surface area contributed by atoms with Gasteiger partial charge in [-0.05, 0) is 30.5 Å². The van der Waals surface area contributed by atoms with Crippen molar-refractivity contribution in [1.29, 1.82) is 0 Å². The van der Waals surface area contributed by atoms with Gasteiger partial charge in [-0.2, -0.15) is 11.8 Å². The number of carbonyl (C=O) groups is 1. The molecule has 1 saturated heterocycles. The molecular formula is C16H23ClN2O3S2. The zero-order chi connectivity index (χ0) is 17.6. The summed E-state index contributed by atoms with van der Waals surface area (Å²) in [6.07, 6.45) is 2.40. The fraction of sp³-hybridized carbons (Fsp3) is 0.562. The summed E-state index contributed by atoms with van der Waals surface area (Å²) in [5.41, 5.74) is 1.21. The van der Waals surface area contributed by atoms with Gasteiger partial charge in [-0.15, -0.1) is 0 Å². The maximum atomic E-state index is 12.1. The van der Waals surface area contributed by atoms with E-state index >= 15 is 0 Å². The van der Waals surface area contributed by atoms with Gasteiger partial charge in [0.05, 0.1) is 6.26 Å². The molecule has 0 radical (unpaired) electrons. The summed E-state index contributed by atoms with van der Waals surface area (Å²) in [6, 6.07) is 7.76. The Bertz CT molecular complexity index is 642. The summed E-state index contributed by atoms with van der Waals surface area (Å²) in [7, 11) is -3.14. The molecule has 24 heavy (non-hydrogen) atoms. The highest BCUT2D eigenvalue weighted by molar-refractivity contribution is 7.98. The number of sulfonamides is 1. The second-order valence-corrected chi connectivity index (χ2v) is 9.43. The molecule has 0 saturated carbocycles. The summed E-state index contributed by atoms with van der Waals surface area (Å²) < 4.78 is 24.4. The molecule has 1 fully saturated rings. The van der Waals surface area contributed by atoms with Gasteiger partial charge in [0.25, 0.3) is 0 Å². The minimum absolute atomic E-state index is 0.0373. The van der Waals surface area contributed by atoms with Crippen LogP contribution in [0, 0.1) is 5.92 Å². The van der Waals surface area contributed by atoms with Gasteiger partial charge < -0.3 is 5.32 Å². The van der Waals surface area contributed by atoms with Crippen LogP contribution in [0.15, 0.2) is 24.3 Å². The molecule has 5 nitrogen and oxygen atoms in total. The molecule has 134 valence electrons. The lowest BCUT2D eigenvalue weighted by Gasteiger charge is -2.29. The third kappa shape index (κ3) is 6.27. The van der Waals surface area contributed by atoms with Gasteiger partial charge in [-0.25, -0.2) is 12.7 Å². The van der Waals surface area contributed by atoms with Crippen molar-refractivity contribution in [1.82, 2.24) is 9.62 Å². The van der Waals surface area contributed by atoms with Gasteiger partial charge in [0.1, 0.15) is 0 Å². The quantitative estimate of drug-likeness (QED) is 0.726. The zero-order valence-electron chi connectivity index (χ0n) is 13.7. The molecule has 0 aromatic heterocycles. The predicted molar refractivity (Wildman–Crippen MR) is 99.8 cm³/mol. The van der Waals surface area contributed by atoms with Crippen LogP contribution in [-0.4, -0.2) is 50.3 Å². The number of nitrogens with zero attached hydrogens (tertiary/aromatic N) is 1. The first kappa shape index (κ1) is 19.6. The largest absolute Gasteiger partial charge is 0.355 e. The average Bonchev–Trinajstić information content (AvgIpc) is 2.55. The molecule has 1 aromatic carbocycles. The number of thioether (sulfide) groups is 1. The maximum absolute atomic E-state index is 12.1. The van der Waals surface area contributed by atoms with E-state index in [1.165, 1.54) is 16.1 Å². The van der Waals surface area contributed by atoms with Gasteiger partial charge in [0.15, 0.2) is 0 Å². The Kier molecular flexibility index (Phi) is 7.40. The maximum Gasteiger partial charge on any atom is 0.223 e. The number of amides is 1. The van der Waals surface area contributed by atoms with E-state index in [2.05, 4.69) is 5.32 Å². The van der Waals surface area contributed by atoms with Crippen LogP contribution in [0.1, 0.15) is 18.4 Å². The number of hydrogen-bond donors (Lipinski definition) is 1. The third-order valence-corrected chi connectivity index (χ3v) is 6.61. The molecule has 8 heteroatoms. The summed E-state index contributed by atoms with van der Waals surface area (Å²) >= 11 is 7.61. The second kappa shape index (κ2) is 9.08. The smallest absolute Gasteiger partial charge is 0.223 e. The number of halogens is 1. The SMILES string of the molecule is CS(=O)(=O)N1CCC(C(=O)NCCSCc2ccc(Cl)cc2)CC1. The van der Waals surface area contributed by atoms with Crippen LogP contribution < -0.4 is 5.32 Å². The number of carbonyl (C=O) groups excluding carboxylic acids is 1. The van der Waals surface area contributed by atoms with Crippen molar-refractivity contribution in [3.63, 3.8) is 0 Å². The van der Waals surface area contributed by atoms with E-state index in [1.807, 2.05) is 24.3 Å². The first-order valence-electron chi connectivity index (χ1n) is 7.91. The van der Waals surface area contributed by atoms with Crippen molar-refractivity contribution in [2.45, 2.75) is 18.6 Å². The van der Waals surface area contributed by atoms with E-state index in [0.29, 0.717) is 32.5 Å². The van der Waals surface area contributed by atoms with Gasteiger partial charge >= 0.3 is 0 Å². The molecular weight excluding hydrogens is 368 g/mol. The van der Waals surface area contributed by atoms with E-state index in [9.17, 15) is 13.2 Å². The Morgan fingerprint density at radius 2 is 1.92 bits per heavy atom. The van der Waals surface area contributed by atoms with Crippen molar-refractivity contribution < 1.29 is 13.2 Å². The number of hydrogen-bond acceptors (Lipinski definition) is 4. The standard InChI is InChI=1S/C16H23ClN2O3S2/c1-24(21,22)19-9-6-14(7-10-19)16(20)18-8-11-23-12-13-2-4-15(17)5-3-13/h2-5,14H,6-12H2,1H3,(H,18,20). The lowest BCUT2D eigenvalue weighted by atomic mass is 9.97. The molecule has 1 aromatic rings. The van der Waals surface area contributed by atoms with Crippen molar-refractivity contribution in [3.05, 3.63) is 34.9 Å². The van der Waals surface area contributed by atoms with Crippen LogP contribution in [0.3, 0.4) is 0 Å². The highest BCUT2D eigenvalue weighted by atomic mass is 35.5. The Hall–Kier alpha value is -0.760. The fourth-order valence-electron chi connectivity index (χ4n) is 2.61. The fourth-order valence-corrected chi connectivity index (χ4v) is 4.43.